The van der Waals surface area contributed by atoms with Gasteiger partial charge in [0.2, 0.25) is 5.91 Å². The van der Waals surface area contributed by atoms with Gasteiger partial charge in [0.1, 0.15) is 5.82 Å². The minimum atomic E-state index is -0.286. The second kappa shape index (κ2) is 9.94. The van der Waals surface area contributed by atoms with E-state index in [0.29, 0.717) is 25.9 Å². The lowest BCUT2D eigenvalue weighted by molar-refractivity contribution is -0.127. The Labute approximate surface area is 184 Å². The van der Waals surface area contributed by atoms with Crippen LogP contribution in [0.1, 0.15) is 51.6 Å². The summed E-state index contributed by atoms with van der Waals surface area (Å²) in [5.41, 5.74) is 1.67. The molecule has 0 spiro atoms. The first-order valence-corrected chi connectivity index (χ1v) is 10.9. The third-order valence-electron chi connectivity index (χ3n) is 5.58. The number of hydrogen-bond donors (Lipinski definition) is 2. The van der Waals surface area contributed by atoms with Gasteiger partial charge in [-0.3, -0.25) is 4.79 Å². The lowest BCUT2D eigenvalue weighted by atomic mass is 9.85. The van der Waals surface area contributed by atoms with E-state index in [2.05, 4.69) is 31.4 Å². The molecule has 1 unspecified atom stereocenters. The molecule has 6 heteroatoms. The Morgan fingerprint density at radius 3 is 2.23 bits per heavy atom. The summed E-state index contributed by atoms with van der Waals surface area (Å²) in [6.07, 6.45) is 2.00. The Morgan fingerprint density at radius 2 is 1.65 bits per heavy atom. The zero-order chi connectivity index (χ0) is 22.4. The molecular formula is C25H32FN3O2. The van der Waals surface area contributed by atoms with Crippen molar-refractivity contribution >= 4 is 17.6 Å². The Hall–Kier alpha value is -2.89. The summed E-state index contributed by atoms with van der Waals surface area (Å²) in [6.45, 7) is 7.45. The number of likely N-dealkylation sites (tertiary alicyclic amines) is 1. The molecule has 3 rings (SSSR count). The molecule has 2 aromatic carbocycles. The number of nitrogens with zero attached hydrogens (tertiary/aromatic N) is 1. The van der Waals surface area contributed by atoms with Crippen LogP contribution < -0.4 is 10.6 Å². The molecule has 1 fully saturated rings. The number of hydrogen-bond acceptors (Lipinski definition) is 2. The van der Waals surface area contributed by atoms with Gasteiger partial charge in [0.25, 0.3) is 0 Å². The molecule has 0 aromatic heterocycles. The van der Waals surface area contributed by atoms with E-state index in [0.717, 1.165) is 17.7 Å². The van der Waals surface area contributed by atoms with E-state index in [1.165, 1.54) is 12.1 Å². The summed E-state index contributed by atoms with van der Waals surface area (Å²) < 4.78 is 13.4. The normalized spacial score (nSPS) is 15.9. The van der Waals surface area contributed by atoms with Gasteiger partial charge in [-0.15, -0.1) is 0 Å². The van der Waals surface area contributed by atoms with Crippen molar-refractivity contribution in [2.75, 3.05) is 18.4 Å². The average molecular weight is 426 g/mol. The van der Waals surface area contributed by atoms with Crippen molar-refractivity contribution in [3.8, 4) is 0 Å². The van der Waals surface area contributed by atoms with Crippen molar-refractivity contribution in [3.05, 3.63) is 66.0 Å². The zero-order valence-electron chi connectivity index (χ0n) is 18.5. The standard InChI is InChI=1S/C25H32FN3O2/c1-25(2,3)17-22(18-9-11-20(26)12-10-18)28-23(30)19-13-15-29(16-14-19)24(31)27-21-7-5-4-6-8-21/h4-12,19,22H,13-17H2,1-3H3,(H,27,31)(H,28,30). The molecule has 5 nitrogen and oxygen atoms in total. The Morgan fingerprint density at radius 1 is 1.03 bits per heavy atom. The molecular weight excluding hydrogens is 393 g/mol. The van der Waals surface area contributed by atoms with Gasteiger partial charge in [0.15, 0.2) is 0 Å². The quantitative estimate of drug-likeness (QED) is 0.677. The molecule has 3 amide bonds. The monoisotopic (exact) mass is 425 g/mol. The summed E-state index contributed by atoms with van der Waals surface area (Å²) in [4.78, 5) is 27.2. The van der Waals surface area contributed by atoms with E-state index >= 15 is 0 Å². The maximum atomic E-state index is 13.4. The lowest BCUT2D eigenvalue weighted by Gasteiger charge is -2.33. The van der Waals surface area contributed by atoms with E-state index in [1.54, 1.807) is 17.0 Å². The van der Waals surface area contributed by atoms with Crippen LogP contribution in [0.3, 0.4) is 0 Å². The average Bonchev–Trinajstić information content (AvgIpc) is 2.73. The summed E-state index contributed by atoms with van der Waals surface area (Å²) >= 11 is 0. The highest BCUT2D eigenvalue weighted by Gasteiger charge is 2.30. The fraction of sp³-hybridized carbons (Fsp3) is 0.440. The number of rotatable bonds is 5. The zero-order valence-corrected chi connectivity index (χ0v) is 18.5. The number of piperidine rings is 1. The number of para-hydroxylation sites is 1. The van der Waals surface area contributed by atoms with Crippen LogP contribution in [-0.4, -0.2) is 29.9 Å². The molecule has 1 aliphatic rings. The second-order valence-corrected chi connectivity index (χ2v) is 9.44. The van der Waals surface area contributed by atoms with E-state index in [9.17, 15) is 14.0 Å². The van der Waals surface area contributed by atoms with E-state index in [1.807, 2.05) is 30.3 Å². The summed E-state index contributed by atoms with van der Waals surface area (Å²) in [6, 6.07) is 15.4. The first-order valence-electron chi connectivity index (χ1n) is 10.9. The number of anilines is 1. The molecule has 1 aliphatic heterocycles. The third kappa shape index (κ3) is 6.81. The molecule has 2 aromatic rings. The number of halogens is 1. The third-order valence-corrected chi connectivity index (χ3v) is 5.58. The van der Waals surface area contributed by atoms with Gasteiger partial charge in [0, 0.05) is 24.7 Å². The van der Waals surface area contributed by atoms with Crippen LogP contribution in [0.2, 0.25) is 0 Å². The minimum Gasteiger partial charge on any atom is -0.349 e. The first kappa shape index (κ1) is 22.8. The summed E-state index contributed by atoms with van der Waals surface area (Å²) in [5.74, 6) is -0.420. The highest BCUT2D eigenvalue weighted by Crippen LogP contribution is 2.30. The maximum Gasteiger partial charge on any atom is 0.321 e. The first-order chi connectivity index (χ1) is 14.7. The molecule has 0 aliphatic carbocycles. The van der Waals surface area contributed by atoms with Gasteiger partial charge < -0.3 is 15.5 Å². The number of nitrogens with one attached hydrogen (secondary N) is 2. The predicted octanol–water partition coefficient (Wildman–Crippen LogP) is 5.36. The van der Waals surface area contributed by atoms with Gasteiger partial charge in [-0.2, -0.15) is 0 Å². The highest BCUT2D eigenvalue weighted by molar-refractivity contribution is 5.89. The number of benzene rings is 2. The van der Waals surface area contributed by atoms with Crippen molar-refractivity contribution in [2.45, 2.75) is 46.1 Å². The number of urea groups is 1. The number of carbonyl (C=O) groups is 2. The van der Waals surface area contributed by atoms with Crippen molar-refractivity contribution in [1.82, 2.24) is 10.2 Å². The Bertz CT molecular complexity index is 870. The molecule has 1 atom stereocenters. The highest BCUT2D eigenvalue weighted by atomic mass is 19.1. The Kier molecular flexibility index (Phi) is 7.31. The molecule has 0 radical (unpaired) electrons. The molecule has 1 heterocycles. The smallest absolute Gasteiger partial charge is 0.321 e. The number of carbonyl (C=O) groups excluding carboxylic acids is 2. The fourth-order valence-corrected chi connectivity index (χ4v) is 3.92. The molecule has 2 N–H and O–H groups in total. The maximum absolute atomic E-state index is 13.4. The molecule has 1 saturated heterocycles. The van der Waals surface area contributed by atoms with Gasteiger partial charge in [-0.1, -0.05) is 51.1 Å². The topological polar surface area (TPSA) is 61.4 Å². The minimum absolute atomic E-state index is 0.00157. The van der Waals surface area contributed by atoms with Crippen LogP contribution in [0.25, 0.3) is 0 Å². The second-order valence-electron chi connectivity index (χ2n) is 9.44. The van der Waals surface area contributed by atoms with E-state index in [-0.39, 0.29) is 35.1 Å². The molecule has 166 valence electrons. The van der Waals surface area contributed by atoms with Gasteiger partial charge in [0.05, 0.1) is 6.04 Å². The van der Waals surface area contributed by atoms with Crippen molar-refractivity contribution in [2.24, 2.45) is 11.3 Å². The van der Waals surface area contributed by atoms with Crippen LogP contribution in [-0.2, 0) is 4.79 Å². The van der Waals surface area contributed by atoms with E-state index < -0.39 is 0 Å². The van der Waals surface area contributed by atoms with E-state index in [4.69, 9.17) is 0 Å². The van der Waals surface area contributed by atoms with Gasteiger partial charge in [-0.05, 0) is 54.5 Å². The molecule has 0 bridgehead atoms. The SMILES string of the molecule is CC(C)(C)CC(NC(=O)C1CCN(C(=O)Nc2ccccc2)CC1)c1ccc(F)cc1. The summed E-state index contributed by atoms with van der Waals surface area (Å²) in [7, 11) is 0. The summed E-state index contributed by atoms with van der Waals surface area (Å²) in [5, 5.41) is 6.08. The number of amides is 3. The van der Waals surface area contributed by atoms with Crippen LogP contribution in [0, 0.1) is 17.2 Å². The van der Waals surface area contributed by atoms with Gasteiger partial charge in [-0.25, -0.2) is 9.18 Å². The fourth-order valence-electron chi connectivity index (χ4n) is 3.92. The van der Waals surface area contributed by atoms with Gasteiger partial charge >= 0.3 is 6.03 Å². The van der Waals surface area contributed by atoms with Crippen LogP contribution in [0.15, 0.2) is 54.6 Å². The largest absolute Gasteiger partial charge is 0.349 e. The molecule has 31 heavy (non-hydrogen) atoms. The van der Waals surface area contributed by atoms with Crippen LogP contribution in [0.4, 0.5) is 14.9 Å². The predicted molar refractivity (Wildman–Crippen MR) is 121 cm³/mol. The van der Waals surface area contributed by atoms with Crippen molar-refractivity contribution in [3.63, 3.8) is 0 Å². The Balaban J connectivity index is 1.57. The lowest BCUT2D eigenvalue weighted by Crippen LogP contribution is -2.45. The van der Waals surface area contributed by atoms with Crippen LogP contribution >= 0.6 is 0 Å². The van der Waals surface area contributed by atoms with Crippen LogP contribution in [0.5, 0.6) is 0 Å². The van der Waals surface area contributed by atoms with Crippen molar-refractivity contribution in [1.29, 1.82) is 0 Å². The van der Waals surface area contributed by atoms with Crippen molar-refractivity contribution < 1.29 is 14.0 Å². The molecule has 0 saturated carbocycles.